The molecule has 1 aromatic carbocycles. The molecule has 0 fully saturated rings. The number of hydrogen-bond acceptors (Lipinski definition) is 1. The summed E-state index contributed by atoms with van der Waals surface area (Å²) in [5, 5.41) is 0. The fourth-order valence-electron chi connectivity index (χ4n) is 0.794. The van der Waals surface area contributed by atoms with Gasteiger partial charge in [-0.25, -0.2) is 0 Å². The van der Waals surface area contributed by atoms with Crippen molar-refractivity contribution in [3.8, 4) is 0 Å². The number of quaternary nitrogens is 1. The van der Waals surface area contributed by atoms with Gasteiger partial charge < -0.3 is 23.0 Å². The summed E-state index contributed by atoms with van der Waals surface area (Å²) in [7, 11) is 4.05. The van der Waals surface area contributed by atoms with Crippen molar-refractivity contribution in [2.75, 3.05) is 19.0 Å². The van der Waals surface area contributed by atoms with Gasteiger partial charge in [0.2, 0.25) is 0 Å². The molecule has 0 atom stereocenters. The van der Waals surface area contributed by atoms with Crippen LogP contribution in [0.4, 0.5) is 11.4 Å². The molecule has 0 heterocycles. The van der Waals surface area contributed by atoms with Gasteiger partial charge >= 0.3 is 0 Å². The topological polar surface area (TPSA) is 30.9 Å². The number of hydrogen-bond donors (Lipinski definition) is 1. The van der Waals surface area contributed by atoms with Crippen LogP contribution in [-0.4, -0.2) is 14.1 Å². The quantitative estimate of drug-likeness (QED) is 0.505. The third-order valence-electron chi connectivity index (χ3n) is 1.45. The third-order valence-corrected chi connectivity index (χ3v) is 1.45. The first-order valence-corrected chi connectivity index (χ1v) is 3.29. The van der Waals surface area contributed by atoms with E-state index in [0.29, 0.717) is 0 Å². The van der Waals surface area contributed by atoms with Crippen molar-refractivity contribution in [1.82, 2.24) is 0 Å². The van der Waals surface area contributed by atoms with Crippen molar-refractivity contribution in [3.05, 3.63) is 24.3 Å². The Kier molecular flexibility index (Phi) is 3.93. The minimum Gasteiger partial charge on any atom is -1.00 e. The fourth-order valence-corrected chi connectivity index (χ4v) is 0.794. The first kappa shape index (κ1) is 10.3. The van der Waals surface area contributed by atoms with Gasteiger partial charge in [0, 0.05) is 31.9 Å². The normalized spacial score (nSPS) is 8.64. The Hall–Kier alpha value is -0.730. The molecule has 62 valence electrons. The first-order valence-electron chi connectivity index (χ1n) is 3.29. The van der Waals surface area contributed by atoms with Crippen LogP contribution in [-0.2, 0) is 0 Å². The molecular weight excluding hydrogens is 160 g/mol. The van der Waals surface area contributed by atoms with Gasteiger partial charge in [-0.2, -0.15) is 0 Å². The maximum atomic E-state index is 3.80. The average molecular weight is 173 g/mol. The van der Waals surface area contributed by atoms with Crippen LogP contribution >= 0.6 is 0 Å². The predicted molar refractivity (Wildman–Crippen MR) is 43.3 cm³/mol. The van der Waals surface area contributed by atoms with Crippen LogP contribution in [0, 0.1) is 0 Å². The maximum Gasteiger partial charge on any atom is 0.128 e. The smallest absolute Gasteiger partial charge is 0.128 e. The van der Waals surface area contributed by atoms with E-state index in [1.54, 1.807) is 0 Å². The number of benzene rings is 1. The van der Waals surface area contributed by atoms with Crippen LogP contribution in [0.25, 0.3) is 0 Å². The predicted octanol–water partition coefficient (Wildman–Crippen LogP) is -2.37. The Morgan fingerprint density at radius 1 is 1.09 bits per heavy atom. The van der Waals surface area contributed by atoms with Crippen molar-refractivity contribution in [2.45, 2.75) is 0 Å². The van der Waals surface area contributed by atoms with Crippen LogP contribution in [0.2, 0.25) is 0 Å². The molecule has 11 heavy (non-hydrogen) atoms. The second-order valence-corrected chi connectivity index (χ2v) is 2.56. The largest absolute Gasteiger partial charge is 1.00 e. The maximum absolute atomic E-state index is 3.80. The molecule has 0 saturated heterocycles. The number of anilines is 1. The van der Waals surface area contributed by atoms with Crippen LogP contribution in [0.1, 0.15) is 0 Å². The summed E-state index contributed by atoms with van der Waals surface area (Å²) in [5.74, 6) is 0. The molecule has 0 amide bonds. The molecule has 3 heteroatoms. The minimum absolute atomic E-state index is 0. The molecule has 0 saturated carbocycles. The molecular formula is C8H13ClN2. The van der Waals surface area contributed by atoms with Crippen molar-refractivity contribution >= 4 is 11.4 Å². The summed E-state index contributed by atoms with van der Waals surface area (Å²) in [6.45, 7) is 0. The van der Waals surface area contributed by atoms with Gasteiger partial charge in [-0.05, 0) is 12.1 Å². The molecule has 0 aliphatic carbocycles. The molecule has 0 spiro atoms. The highest BCUT2D eigenvalue weighted by atomic mass is 35.5. The van der Waals surface area contributed by atoms with E-state index in [4.69, 9.17) is 0 Å². The lowest BCUT2D eigenvalue weighted by Crippen LogP contribution is -3.00. The first-order chi connectivity index (χ1) is 4.70. The SMILES string of the molecule is CN(C)c1ccc([NH3+])cc1.[Cl-]. The van der Waals surface area contributed by atoms with Crippen LogP contribution < -0.4 is 23.0 Å². The van der Waals surface area contributed by atoms with Gasteiger partial charge in [0.25, 0.3) is 0 Å². The molecule has 0 radical (unpaired) electrons. The molecule has 0 aliphatic heterocycles. The van der Waals surface area contributed by atoms with Crippen molar-refractivity contribution in [3.63, 3.8) is 0 Å². The summed E-state index contributed by atoms with van der Waals surface area (Å²) in [6, 6.07) is 8.13. The van der Waals surface area contributed by atoms with E-state index in [9.17, 15) is 0 Å². The van der Waals surface area contributed by atoms with Gasteiger partial charge in [0.15, 0.2) is 0 Å². The zero-order valence-electron chi connectivity index (χ0n) is 6.84. The second-order valence-electron chi connectivity index (χ2n) is 2.56. The summed E-state index contributed by atoms with van der Waals surface area (Å²) < 4.78 is 0. The Labute approximate surface area is 73.4 Å². The standard InChI is InChI=1S/C8H12N2.ClH/c1-10(2)8-5-3-7(9)4-6-8;/h3-6H,9H2,1-2H3;1H. The van der Waals surface area contributed by atoms with Gasteiger partial charge in [-0.3, -0.25) is 0 Å². The fraction of sp³-hybridized carbons (Fsp3) is 0.250. The molecule has 0 aliphatic rings. The number of halogens is 1. The molecule has 3 N–H and O–H groups in total. The van der Waals surface area contributed by atoms with E-state index in [1.807, 2.05) is 26.2 Å². The minimum atomic E-state index is 0. The summed E-state index contributed by atoms with van der Waals surface area (Å²) >= 11 is 0. The Morgan fingerprint density at radius 2 is 1.55 bits per heavy atom. The Bertz CT molecular complexity index is 206. The van der Waals surface area contributed by atoms with E-state index in [0.717, 1.165) is 5.69 Å². The third kappa shape index (κ3) is 2.78. The van der Waals surface area contributed by atoms with E-state index in [2.05, 4.69) is 22.8 Å². The van der Waals surface area contributed by atoms with Gasteiger partial charge in [0.1, 0.15) is 5.69 Å². The molecule has 1 aromatic rings. The molecule has 0 bridgehead atoms. The summed E-state index contributed by atoms with van der Waals surface area (Å²) in [5.41, 5.74) is 6.08. The Balaban J connectivity index is 0.000001000. The van der Waals surface area contributed by atoms with Crippen molar-refractivity contribution in [2.24, 2.45) is 0 Å². The average Bonchev–Trinajstić information content (AvgIpc) is 1.88. The lowest BCUT2D eigenvalue weighted by Gasteiger charge is -2.10. The molecule has 0 aromatic heterocycles. The van der Waals surface area contributed by atoms with Gasteiger partial charge in [-0.15, -0.1) is 0 Å². The summed E-state index contributed by atoms with van der Waals surface area (Å²) in [6.07, 6.45) is 0. The van der Waals surface area contributed by atoms with E-state index < -0.39 is 0 Å². The summed E-state index contributed by atoms with van der Waals surface area (Å²) in [4.78, 5) is 2.07. The highest BCUT2D eigenvalue weighted by molar-refractivity contribution is 5.48. The number of rotatable bonds is 1. The molecule has 1 rings (SSSR count). The Morgan fingerprint density at radius 3 is 1.91 bits per heavy atom. The zero-order valence-corrected chi connectivity index (χ0v) is 7.60. The van der Waals surface area contributed by atoms with Crippen molar-refractivity contribution < 1.29 is 18.1 Å². The van der Waals surface area contributed by atoms with E-state index in [1.165, 1.54) is 5.69 Å². The van der Waals surface area contributed by atoms with Crippen LogP contribution in [0.3, 0.4) is 0 Å². The lowest BCUT2D eigenvalue weighted by atomic mass is 10.3. The number of nitrogens with zero attached hydrogens (tertiary/aromatic N) is 1. The molecule has 2 nitrogen and oxygen atoms in total. The highest BCUT2D eigenvalue weighted by Gasteiger charge is 1.92. The van der Waals surface area contributed by atoms with E-state index in [-0.39, 0.29) is 12.4 Å². The highest BCUT2D eigenvalue weighted by Crippen LogP contribution is 2.11. The van der Waals surface area contributed by atoms with E-state index >= 15 is 0 Å². The van der Waals surface area contributed by atoms with Crippen molar-refractivity contribution in [1.29, 1.82) is 0 Å². The zero-order chi connectivity index (χ0) is 7.56. The second kappa shape index (κ2) is 4.21. The van der Waals surface area contributed by atoms with Gasteiger partial charge in [-0.1, -0.05) is 0 Å². The van der Waals surface area contributed by atoms with Gasteiger partial charge in [0.05, 0.1) is 0 Å². The van der Waals surface area contributed by atoms with Crippen LogP contribution in [0.5, 0.6) is 0 Å². The van der Waals surface area contributed by atoms with Crippen LogP contribution in [0.15, 0.2) is 24.3 Å². The lowest BCUT2D eigenvalue weighted by molar-refractivity contribution is -0.254. The molecule has 0 unspecified atom stereocenters. The monoisotopic (exact) mass is 172 g/mol.